The first kappa shape index (κ1) is 22.7. The van der Waals surface area contributed by atoms with Crippen molar-refractivity contribution in [1.82, 2.24) is 15.1 Å². The molecule has 2 aromatic carbocycles. The van der Waals surface area contributed by atoms with E-state index in [0.717, 1.165) is 23.6 Å². The second kappa shape index (κ2) is 10.4. The number of hydrogen-bond donors (Lipinski definition) is 2. The van der Waals surface area contributed by atoms with Crippen molar-refractivity contribution >= 4 is 34.6 Å². The van der Waals surface area contributed by atoms with Gasteiger partial charge in [0.1, 0.15) is 16.6 Å². The van der Waals surface area contributed by atoms with E-state index in [1.807, 2.05) is 19.1 Å². The van der Waals surface area contributed by atoms with Crippen LogP contribution in [0.2, 0.25) is 0 Å². The van der Waals surface area contributed by atoms with E-state index in [1.165, 1.54) is 35.6 Å². The van der Waals surface area contributed by atoms with Crippen LogP contribution in [0.1, 0.15) is 40.5 Å². The number of nitrogens with one attached hydrogen (secondary N) is 2. The van der Waals surface area contributed by atoms with Gasteiger partial charge in [0.15, 0.2) is 0 Å². The van der Waals surface area contributed by atoms with Crippen molar-refractivity contribution in [2.45, 2.75) is 25.7 Å². The Morgan fingerprint density at radius 1 is 1.09 bits per heavy atom. The maximum absolute atomic E-state index is 13.0. The minimum atomic E-state index is -0.397. The third-order valence-corrected chi connectivity index (χ3v) is 6.30. The van der Waals surface area contributed by atoms with Crippen LogP contribution in [0, 0.1) is 5.82 Å². The van der Waals surface area contributed by atoms with Crippen molar-refractivity contribution in [2.75, 3.05) is 30.3 Å². The second-order valence-corrected chi connectivity index (χ2v) is 8.59. The number of carbonyl (C=O) groups is 2. The standard InChI is InChI=1S/C23H24FN5O3S/c1-2-32-19-11-9-18(10-12-19)26-23(31)29-13-3-4-15(14-29)21-27-28-22(33-21)20(30)25-17-7-5-16(24)6-8-17/h5-12,15H,2-4,13-14H2,1H3,(H,25,30)(H,26,31)/t15-/m1/s1. The maximum Gasteiger partial charge on any atom is 0.321 e. The summed E-state index contributed by atoms with van der Waals surface area (Å²) in [6, 6.07) is 12.6. The van der Waals surface area contributed by atoms with E-state index < -0.39 is 5.91 Å². The highest BCUT2D eigenvalue weighted by Crippen LogP contribution is 2.30. The average Bonchev–Trinajstić information content (AvgIpc) is 3.33. The minimum absolute atomic E-state index is 0.00898. The zero-order valence-corrected chi connectivity index (χ0v) is 18.9. The summed E-state index contributed by atoms with van der Waals surface area (Å²) < 4.78 is 18.5. The van der Waals surface area contributed by atoms with Crippen molar-refractivity contribution in [3.05, 3.63) is 64.4 Å². The summed E-state index contributed by atoms with van der Waals surface area (Å²) in [5.41, 5.74) is 1.18. The molecule has 1 fully saturated rings. The van der Waals surface area contributed by atoms with E-state index in [4.69, 9.17) is 4.74 Å². The lowest BCUT2D eigenvalue weighted by molar-refractivity contribution is 0.102. The number of amides is 3. The number of piperidine rings is 1. The van der Waals surface area contributed by atoms with Crippen LogP contribution < -0.4 is 15.4 Å². The number of aromatic nitrogens is 2. The van der Waals surface area contributed by atoms with Gasteiger partial charge in [0.2, 0.25) is 5.01 Å². The molecule has 33 heavy (non-hydrogen) atoms. The molecule has 0 saturated carbocycles. The number of ether oxygens (including phenoxy) is 1. The van der Waals surface area contributed by atoms with Gasteiger partial charge in [-0.15, -0.1) is 10.2 Å². The highest BCUT2D eigenvalue weighted by Gasteiger charge is 2.28. The fourth-order valence-corrected chi connectivity index (χ4v) is 4.44. The molecule has 1 aromatic heterocycles. The number of carbonyl (C=O) groups excluding carboxylic acids is 2. The van der Waals surface area contributed by atoms with Crippen LogP contribution in [0.15, 0.2) is 48.5 Å². The molecular formula is C23H24FN5O3S. The normalized spacial score (nSPS) is 15.7. The van der Waals surface area contributed by atoms with Gasteiger partial charge in [-0.2, -0.15) is 0 Å². The molecule has 10 heteroatoms. The molecule has 2 N–H and O–H groups in total. The molecular weight excluding hydrogens is 445 g/mol. The summed E-state index contributed by atoms with van der Waals surface area (Å²) in [5.74, 6) is -0.00958. The number of nitrogens with zero attached hydrogens (tertiary/aromatic N) is 3. The van der Waals surface area contributed by atoms with E-state index in [1.54, 1.807) is 17.0 Å². The van der Waals surface area contributed by atoms with Gasteiger partial charge < -0.3 is 20.3 Å². The number of halogens is 1. The second-order valence-electron chi connectivity index (χ2n) is 7.58. The Balaban J connectivity index is 1.35. The molecule has 0 spiro atoms. The summed E-state index contributed by atoms with van der Waals surface area (Å²) >= 11 is 1.21. The van der Waals surface area contributed by atoms with Gasteiger partial charge in [-0.05, 0) is 68.3 Å². The van der Waals surface area contributed by atoms with E-state index in [2.05, 4.69) is 20.8 Å². The van der Waals surface area contributed by atoms with Gasteiger partial charge in [0.25, 0.3) is 5.91 Å². The fraction of sp³-hybridized carbons (Fsp3) is 0.304. The molecule has 0 radical (unpaired) electrons. The first-order valence-electron chi connectivity index (χ1n) is 10.7. The molecule has 3 amide bonds. The Kier molecular flexibility index (Phi) is 7.13. The smallest absolute Gasteiger partial charge is 0.321 e. The van der Waals surface area contributed by atoms with Crippen molar-refractivity contribution in [3.8, 4) is 5.75 Å². The Morgan fingerprint density at radius 3 is 2.52 bits per heavy atom. The summed E-state index contributed by atoms with van der Waals surface area (Å²) in [6.07, 6.45) is 1.69. The van der Waals surface area contributed by atoms with Crippen molar-refractivity contribution in [3.63, 3.8) is 0 Å². The van der Waals surface area contributed by atoms with E-state index in [0.29, 0.717) is 31.1 Å². The molecule has 1 aliphatic rings. The molecule has 4 rings (SSSR count). The Labute approximate surface area is 194 Å². The molecule has 1 atom stereocenters. The van der Waals surface area contributed by atoms with Crippen molar-refractivity contribution in [2.24, 2.45) is 0 Å². The third kappa shape index (κ3) is 5.83. The summed E-state index contributed by atoms with van der Waals surface area (Å²) in [6.45, 7) is 3.65. The van der Waals surface area contributed by atoms with E-state index >= 15 is 0 Å². The van der Waals surface area contributed by atoms with Crippen LogP contribution >= 0.6 is 11.3 Å². The highest BCUT2D eigenvalue weighted by molar-refractivity contribution is 7.13. The maximum atomic E-state index is 13.0. The van der Waals surface area contributed by atoms with Gasteiger partial charge in [-0.3, -0.25) is 4.79 Å². The molecule has 1 saturated heterocycles. The predicted octanol–water partition coefficient (Wildman–Crippen LogP) is 4.74. The Morgan fingerprint density at radius 2 is 1.79 bits per heavy atom. The molecule has 172 valence electrons. The summed E-state index contributed by atoms with van der Waals surface area (Å²) in [5, 5.41) is 14.8. The molecule has 1 aliphatic heterocycles. The molecule has 3 aromatic rings. The van der Waals surface area contributed by atoms with Gasteiger partial charge in [0, 0.05) is 30.4 Å². The minimum Gasteiger partial charge on any atom is -0.494 e. The number of hydrogen-bond acceptors (Lipinski definition) is 6. The summed E-state index contributed by atoms with van der Waals surface area (Å²) in [7, 11) is 0. The topological polar surface area (TPSA) is 96.4 Å². The third-order valence-electron chi connectivity index (χ3n) is 5.21. The van der Waals surface area contributed by atoms with E-state index in [-0.39, 0.29) is 22.8 Å². The fourth-order valence-electron chi connectivity index (χ4n) is 3.58. The van der Waals surface area contributed by atoms with E-state index in [9.17, 15) is 14.0 Å². The molecule has 8 nitrogen and oxygen atoms in total. The van der Waals surface area contributed by atoms with Crippen molar-refractivity contribution in [1.29, 1.82) is 0 Å². The Bertz CT molecular complexity index is 1100. The number of likely N-dealkylation sites (tertiary alicyclic amines) is 1. The van der Waals surface area contributed by atoms with Crippen molar-refractivity contribution < 1.29 is 18.7 Å². The van der Waals surface area contributed by atoms with Gasteiger partial charge in [-0.25, -0.2) is 9.18 Å². The zero-order chi connectivity index (χ0) is 23.2. The number of benzene rings is 2. The zero-order valence-electron chi connectivity index (χ0n) is 18.1. The SMILES string of the molecule is CCOc1ccc(NC(=O)N2CCC[C@@H](c3nnc(C(=O)Nc4ccc(F)cc4)s3)C2)cc1. The monoisotopic (exact) mass is 469 g/mol. The number of urea groups is 1. The number of anilines is 2. The van der Waals surface area contributed by atoms with Crippen LogP contribution in [-0.4, -0.2) is 46.7 Å². The Hall–Kier alpha value is -3.53. The summed E-state index contributed by atoms with van der Waals surface area (Å²) in [4.78, 5) is 27.0. The molecule has 0 aliphatic carbocycles. The first-order valence-corrected chi connectivity index (χ1v) is 11.5. The molecule has 0 bridgehead atoms. The molecule has 0 unspecified atom stereocenters. The predicted molar refractivity (Wildman–Crippen MR) is 124 cm³/mol. The number of rotatable bonds is 6. The average molecular weight is 470 g/mol. The van der Waals surface area contributed by atoms with Crippen LogP contribution in [0.5, 0.6) is 5.75 Å². The van der Waals surface area contributed by atoms with Gasteiger partial charge in [-0.1, -0.05) is 11.3 Å². The van der Waals surface area contributed by atoms with Crippen LogP contribution in [0.25, 0.3) is 0 Å². The lowest BCUT2D eigenvalue weighted by atomic mass is 9.99. The molecule has 2 heterocycles. The first-order chi connectivity index (χ1) is 16.0. The largest absolute Gasteiger partial charge is 0.494 e. The van der Waals surface area contributed by atoms with Crippen LogP contribution in [0.3, 0.4) is 0 Å². The quantitative estimate of drug-likeness (QED) is 0.544. The van der Waals surface area contributed by atoms with Gasteiger partial charge >= 0.3 is 6.03 Å². The van der Waals surface area contributed by atoms with Crippen LogP contribution in [0.4, 0.5) is 20.6 Å². The lowest BCUT2D eigenvalue weighted by Gasteiger charge is -2.31. The highest BCUT2D eigenvalue weighted by atomic mass is 32.1. The lowest BCUT2D eigenvalue weighted by Crippen LogP contribution is -2.41. The van der Waals surface area contributed by atoms with Gasteiger partial charge in [0.05, 0.1) is 6.61 Å². The van der Waals surface area contributed by atoms with Crippen LogP contribution in [-0.2, 0) is 0 Å².